The van der Waals surface area contributed by atoms with Crippen molar-refractivity contribution >= 4 is 37.2 Å². The molecule has 0 spiro atoms. The Morgan fingerprint density at radius 3 is 2.58 bits per heavy atom. The van der Waals surface area contributed by atoms with E-state index in [0.29, 0.717) is 23.3 Å². The molecule has 132 valence electrons. The van der Waals surface area contributed by atoms with Gasteiger partial charge in [0.2, 0.25) is 10.0 Å². The van der Waals surface area contributed by atoms with Crippen LogP contribution in [0.3, 0.4) is 0 Å². The standard InChI is InChI=1S/C14H21BrN6O2S/c1-3-11(9-19-4-6-20(7-5-19)24(2,22)23)21-10-17-13-14(21)18-12(15)8-16-13/h8,10-11H,3-7,9H2,1-2H3. The molecular formula is C14H21BrN6O2S. The van der Waals surface area contributed by atoms with Gasteiger partial charge in [-0.05, 0) is 22.4 Å². The molecule has 0 aliphatic carbocycles. The third-order valence-electron chi connectivity index (χ3n) is 4.39. The van der Waals surface area contributed by atoms with E-state index in [4.69, 9.17) is 0 Å². The predicted molar refractivity (Wildman–Crippen MR) is 95.2 cm³/mol. The topological polar surface area (TPSA) is 84.2 Å². The number of hydrogen-bond donors (Lipinski definition) is 0. The molecule has 1 aliphatic heterocycles. The summed E-state index contributed by atoms with van der Waals surface area (Å²) in [7, 11) is -3.09. The highest BCUT2D eigenvalue weighted by Gasteiger charge is 2.25. The smallest absolute Gasteiger partial charge is 0.211 e. The maximum Gasteiger partial charge on any atom is 0.211 e. The SMILES string of the molecule is CCC(CN1CCN(S(C)(=O)=O)CC1)n1cnc2ncc(Br)nc21. The molecular weight excluding hydrogens is 396 g/mol. The summed E-state index contributed by atoms with van der Waals surface area (Å²) >= 11 is 3.36. The summed E-state index contributed by atoms with van der Waals surface area (Å²) in [6.07, 6.45) is 5.64. The van der Waals surface area contributed by atoms with E-state index in [9.17, 15) is 8.42 Å². The molecule has 0 saturated carbocycles. The van der Waals surface area contributed by atoms with Crippen molar-refractivity contribution in [2.24, 2.45) is 0 Å². The fourth-order valence-electron chi connectivity index (χ4n) is 3.01. The summed E-state index contributed by atoms with van der Waals surface area (Å²) in [5.74, 6) is 0. The summed E-state index contributed by atoms with van der Waals surface area (Å²) in [5.41, 5.74) is 1.41. The van der Waals surface area contributed by atoms with E-state index >= 15 is 0 Å². The summed E-state index contributed by atoms with van der Waals surface area (Å²) in [4.78, 5) is 15.4. The Kier molecular flexibility index (Phi) is 5.19. The maximum absolute atomic E-state index is 11.6. The molecule has 24 heavy (non-hydrogen) atoms. The second-order valence-corrected chi connectivity index (χ2v) is 8.81. The number of sulfonamides is 1. The van der Waals surface area contributed by atoms with Crippen LogP contribution in [0, 0.1) is 0 Å². The Balaban J connectivity index is 1.72. The minimum atomic E-state index is -3.09. The van der Waals surface area contributed by atoms with E-state index in [1.807, 2.05) is 0 Å². The number of piperazine rings is 1. The number of halogens is 1. The zero-order valence-corrected chi connectivity index (χ0v) is 16.2. The number of imidazole rings is 1. The molecule has 2 aromatic heterocycles. The molecule has 0 radical (unpaired) electrons. The van der Waals surface area contributed by atoms with E-state index in [2.05, 4.69) is 47.3 Å². The summed E-state index contributed by atoms with van der Waals surface area (Å²) in [6, 6.07) is 0.225. The van der Waals surface area contributed by atoms with Crippen molar-refractivity contribution in [1.82, 2.24) is 28.7 Å². The second-order valence-electron chi connectivity index (χ2n) is 6.02. The van der Waals surface area contributed by atoms with E-state index < -0.39 is 10.0 Å². The van der Waals surface area contributed by atoms with Crippen LogP contribution < -0.4 is 0 Å². The summed E-state index contributed by atoms with van der Waals surface area (Å²) < 4.78 is 27.5. The Morgan fingerprint density at radius 1 is 1.25 bits per heavy atom. The number of fused-ring (bicyclic) bond motifs is 1. The average molecular weight is 417 g/mol. The van der Waals surface area contributed by atoms with Gasteiger partial charge in [0, 0.05) is 38.8 Å². The lowest BCUT2D eigenvalue weighted by Gasteiger charge is -2.35. The number of hydrogen-bond acceptors (Lipinski definition) is 6. The molecule has 3 heterocycles. The van der Waals surface area contributed by atoms with Crippen LogP contribution in [-0.2, 0) is 10.0 Å². The molecule has 1 atom stereocenters. The molecule has 8 nitrogen and oxygen atoms in total. The third-order valence-corrected chi connectivity index (χ3v) is 6.07. The summed E-state index contributed by atoms with van der Waals surface area (Å²) in [6.45, 7) is 5.55. The highest BCUT2D eigenvalue weighted by Crippen LogP contribution is 2.21. The van der Waals surface area contributed by atoms with Crippen molar-refractivity contribution in [2.45, 2.75) is 19.4 Å². The molecule has 1 aliphatic rings. The Hall–Kier alpha value is -1.10. The molecule has 1 unspecified atom stereocenters. The van der Waals surface area contributed by atoms with Gasteiger partial charge in [-0.25, -0.2) is 23.4 Å². The zero-order chi connectivity index (χ0) is 17.3. The molecule has 2 aromatic rings. The largest absolute Gasteiger partial charge is 0.309 e. The van der Waals surface area contributed by atoms with Crippen LogP contribution in [0.15, 0.2) is 17.1 Å². The van der Waals surface area contributed by atoms with Crippen LogP contribution in [-0.4, -0.2) is 76.1 Å². The molecule has 1 saturated heterocycles. The quantitative estimate of drug-likeness (QED) is 0.725. The van der Waals surface area contributed by atoms with Crippen LogP contribution in [0.5, 0.6) is 0 Å². The van der Waals surface area contributed by atoms with E-state index in [1.54, 1.807) is 16.8 Å². The van der Waals surface area contributed by atoms with Gasteiger partial charge in [-0.1, -0.05) is 6.92 Å². The van der Waals surface area contributed by atoms with Gasteiger partial charge in [-0.15, -0.1) is 0 Å². The van der Waals surface area contributed by atoms with Crippen molar-refractivity contribution < 1.29 is 8.42 Å². The van der Waals surface area contributed by atoms with Crippen LogP contribution >= 0.6 is 15.9 Å². The fraction of sp³-hybridized carbons (Fsp3) is 0.643. The number of rotatable bonds is 5. The Morgan fingerprint density at radius 2 is 1.96 bits per heavy atom. The molecule has 1 fully saturated rings. The van der Waals surface area contributed by atoms with Gasteiger partial charge in [0.1, 0.15) is 4.60 Å². The van der Waals surface area contributed by atoms with Crippen molar-refractivity contribution in [3.8, 4) is 0 Å². The van der Waals surface area contributed by atoms with Gasteiger partial charge < -0.3 is 4.57 Å². The van der Waals surface area contributed by atoms with Gasteiger partial charge in [0.05, 0.1) is 18.8 Å². The van der Waals surface area contributed by atoms with Gasteiger partial charge in [0.25, 0.3) is 0 Å². The first-order valence-corrected chi connectivity index (χ1v) is 10.5. The van der Waals surface area contributed by atoms with E-state index in [1.165, 1.54) is 6.26 Å². The van der Waals surface area contributed by atoms with Gasteiger partial charge in [0.15, 0.2) is 11.3 Å². The Labute approximate surface area is 150 Å². The lowest BCUT2D eigenvalue weighted by atomic mass is 10.2. The zero-order valence-electron chi connectivity index (χ0n) is 13.8. The number of aromatic nitrogens is 4. The van der Waals surface area contributed by atoms with Crippen molar-refractivity contribution in [3.05, 3.63) is 17.1 Å². The van der Waals surface area contributed by atoms with Crippen LogP contribution in [0.2, 0.25) is 0 Å². The molecule has 0 amide bonds. The first-order valence-electron chi connectivity index (χ1n) is 7.91. The van der Waals surface area contributed by atoms with Crippen molar-refractivity contribution in [2.75, 3.05) is 39.0 Å². The molecule has 3 rings (SSSR count). The van der Waals surface area contributed by atoms with Gasteiger partial charge in [-0.3, -0.25) is 4.90 Å². The highest BCUT2D eigenvalue weighted by atomic mass is 79.9. The molecule has 10 heteroatoms. The third kappa shape index (κ3) is 3.76. The lowest BCUT2D eigenvalue weighted by molar-refractivity contribution is 0.165. The van der Waals surface area contributed by atoms with Gasteiger partial charge in [-0.2, -0.15) is 4.31 Å². The minimum absolute atomic E-state index is 0.225. The van der Waals surface area contributed by atoms with Crippen molar-refractivity contribution in [3.63, 3.8) is 0 Å². The van der Waals surface area contributed by atoms with Crippen LogP contribution in [0.25, 0.3) is 11.3 Å². The first-order chi connectivity index (χ1) is 11.4. The van der Waals surface area contributed by atoms with Crippen molar-refractivity contribution in [1.29, 1.82) is 0 Å². The first kappa shape index (κ1) is 17.7. The molecule has 0 aromatic carbocycles. The van der Waals surface area contributed by atoms with E-state index in [0.717, 1.165) is 31.7 Å². The minimum Gasteiger partial charge on any atom is -0.309 e. The van der Waals surface area contributed by atoms with E-state index in [-0.39, 0.29) is 6.04 Å². The average Bonchev–Trinajstić information content (AvgIpc) is 2.95. The second kappa shape index (κ2) is 7.03. The molecule has 0 N–H and O–H groups in total. The molecule has 0 bridgehead atoms. The normalized spacial score (nSPS) is 19.0. The lowest BCUT2D eigenvalue weighted by Crippen LogP contribution is -2.49. The number of nitrogens with zero attached hydrogens (tertiary/aromatic N) is 6. The van der Waals surface area contributed by atoms with Crippen LogP contribution in [0.4, 0.5) is 0 Å². The highest BCUT2D eigenvalue weighted by molar-refractivity contribution is 9.10. The predicted octanol–water partition coefficient (Wildman–Crippen LogP) is 1.12. The maximum atomic E-state index is 11.6. The summed E-state index contributed by atoms with van der Waals surface area (Å²) in [5, 5.41) is 0. The Bertz CT molecular complexity index is 816. The van der Waals surface area contributed by atoms with Crippen LogP contribution in [0.1, 0.15) is 19.4 Å². The fourth-order valence-corrected chi connectivity index (χ4v) is 4.11. The van der Waals surface area contributed by atoms with Gasteiger partial charge >= 0.3 is 0 Å². The monoisotopic (exact) mass is 416 g/mol.